The van der Waals surface area contributed by atoms with E-state index >= 15 is 0 Å². The number of methoxy groups -OCH3 is 1. The second-order valence-electron chi connectivity index (χ2n) is 3.23. The zero-order valence-corrected chi connectivity index (χ0v) is 8.00. The fourth-order valence-electron chi connectivity index (χ4n) is 0.897. The lowest BCUT2D eigenvalue weighted by atomic mass is 9.86. The number of carbonyl (C=O) groups is 1. The van der Waals surface area contributed by atoms with E-state index in [1.807, 2.05) is 26.8 Å². The molecular formula is C9H15NO2. The Balaban J connectivity index is 4.37. The Kier molecular flexibility index (Phi) is 4.35. The molecule has 0 saturated heterocycles. The molecule has 0 aliphatic carbocycles. The van der Waals surface area contributed by atoms with Gasteiger partial charge in [-0.15, -0.1) is 0 Å². The van der Waals surface area contributed by atoms with Gasteiger partial charge in [-0.25, -0.2) is 0 Å². The average Bonchev–Trinajstić information content (AvgIpc) is 2.05. The van der Waals surface area contributed by atoms with Gasteiger partial charge in [-0.1, -0.05) is 20.8 Å². The lowest BCUT2D eigenvalue weighted by Gasteiger charge is -2.18. The van der Waals surface area contributed by atoms with E-state index in [1.54, 1.807) is 0 Å². The van der Waals surface area contributed by atoms with Crippen molar-refractivity contribution in [3.63, 3.8) is 0 Å². The average molecular weight is 169 g/mol. The molecular weight excluding hydrogens is 154 g/mol. The summed E-state index contributed by atoms with van der Waals surface area (Å²) in [5.41, 5.74) is 0. The van der Waals surface area contributed by atoms with Gasteiger partial charge in [0.1, 0.15) is 5.92 Å². The minimum absolute atomic E-state index is 0.0439. The molecule has 0 aromatic heterocycles. The predicted octanol–water partition coefficient (Wildman–Crippen LogP) is 1.59. The first-order valence-corrected chi connectivity index (χ1v) is 4.02. The first-order chi connectivity index (χ1) is 5.54. The van der Waals surface area contributed by atoms with Crippen LogP contribution in [0.4, 0.5) is 0 Å². The van der Waals surface area contributed by atoms with Crippen molar-refractivity contribution in [1.82, 2.24) is 0 Å². The first-order valence-electron chi connectivity index (χ1n) is 4.02. The molecule has 0 bridgehead atoms. The Bertz CT molecular complexity index is 193. The standard InChI is InChI=1S/C9H15NO2/c1-6(2)7(3)8(5-10)9(11)12-4/h6-8H,1-4H3. The Morgan fingerprint density at radius 2 is 1.92 bits per heavy atom. The zero-order valence-electron chi connectivity index (χ0n) is 8.00. The molecule has 3 nitrogen and oxygen atoms in total. The third kappa shape index (κ3) is 2.54. The van der Waals surface area contributed by atoms with E-state index in [0.717, 1.165) is 0 Å². The third-order valence-corrected chi connectivity index (χ3v) is 2.17. The van der Waals surface area contributed by atoms with Crippen LogP contribution in [0.1, 0.15) is 20.8 Å². The van der Waals surface area contributed by atoms with Gasteiger partial charge in [0, 0.05) is 0 Å². The van der Waals surface area contributed by atoms with Gasteiger partial charge in [-0.05, 0) is 11.8 Å². The molecule has 0 N–H and O–H groups in total. The monoisotopic (exact) mass is 169 g/mol. The molecule has 0 aromatic carbocycles. The molecule has 0 aliphatic rings. The van der Waals surface area contributed by atoms with E-state index in [9.17, 15) is 4.79 Å². The van der Waals surface area contributed by atoms with Gasteiger partial charge in [-0.2, -0.15) is 5.26 Å². The van der Waals surface area contributed by atoms with Crippen molar-refractivity contribution in [3.8, 4) is 6.07 Å². The number of rotatable bonds is 3. The van der Waals surface area contributed by atoms with Gasteiger partial charge in [0.15, 0.2) is 0 Å². The van der Waals surface area contributed by atoms with Crippen LogP contribution in [0.5, 0.6) is 0 Å². The van der Waals surface area contributed by atoms with Crippen molar-refractivity contribution in [1.29, 1.82) is 5.26 Å². The highest BCUT2D eigenvalue weighted by Gasteiger charge is 2.27. The second-order valence-corrected chi connectivity index (χ2v) is 3.23. The molecule has 2 unspecified atom stereocenters. The summed E-state index contributed by atoms with van der Waals surface area (Å²) in [4.78, 5) is 11.0. The lowest BCUT2D eigenvalue weighted by Crippen LogP contribution is -2.25. The van der Waals surface area contributed by atoms with Crippen molar-refractivity contribution in [2.75, 3.05) is 7.11 Å². The van der Waals surface area contributed by atoms with Gasteiger partial charge in [0.05, 0.1) is 13.2 Å². The molecule has 0 heterocycles. The highest BCUT2D eigenvalue weighted by atomic mass is 16.5. The maximum Gasteiger partial charge on any atom is 0.323 e. The van der Waals surface area contributed by atoms with Crippen LogP contribution in [0.3, 0.4) is 0 Å². The molecule has 0 saturated carbocycles. The van der Waals surface area contributed by atoms with Gasteiger partial charge in [0.25, 0.3) is 0 Å². The molecule has 0 radical (unpaired) electrons. The maximum absolute atomic E-state index is 11.0. The van der Waals surface area contributed by atoms with Crippen LogP contribution in [0.25, 0.3) is 0 Å². The summed E-state index contributed by atoms with van der Waals surface area (Å²) >= 11 is 0. The molecule has 0 fully saturated rings. The molecule has 0 rings (SSSR count). The van der Waals surface area contributed by atoms with Crippen LogP contribution < -0.4 is 0 Å². The first kappa shape index (κ1) is 11.0. The van der Waals surface area contributed by atoms with Gasteiger partial charge in [0.2, 0.25) is 0 Å². The summed E-state index contributed by atoms with van der Waals surface area (Å²) in [6, 6.07) is 1.96. The Morgan fingerprint density at radius 1 is 1.42 bits per heavy atom. The van der Waals surface area contributed by atoms with E-state index in [-0.39, 0.29) is 5.92 Å². The largest absolute Gasteiger partial charge is 0.468 e. The van der Waals surface area contributed by atoms with Crippen LogP contribution in [0.15, 0.2) is 0 Å². The van der Waals surface area contributed by atoms with Crippen molar-refractivity contribution < 1.29 is 9.53 Å². The van der Waals surface area contributed by atoms with Crippen molar-refractivity contribution in [3.05, 3.63) is 0 Å². The van der Waals surface area contributed by atoms with E-state index in [1.165, 1.54) is 7.11 Å². The third-order valence-electron chi connectivity index (χ3n) is 2.17. The summed E-state index contributed by atoms with van der Waals surface area (Å²) < 4.78 is 4.51. The highest BCUT2D eigenvalue weighted by Crippen LogP contribution is 2.20. The number of hydrogen-bond acceptors (Lipinski definition) is 3. The van der Waals surface area contributed by atoms with Gasteiger partial charge < -0.3 is 4.74 Å². The summed E-state index contributed by atoms with van der Waals surface area (Å²) in [5.74, 6) is -0.704. The van der Waals surface area contributed by atoms with Crippen molar-refractivity contribution >= 4 is 5.97 Å². The minimum atomic E-state index is -0.630. The Labute approximate surface area is 73.3 Å². The number of nitrogens with zero attached hydrogens (tertiary/aromatic N) is 1. The van der Waals surface area contributed by atoms with Gasteiger partial charge >= 0.3 is 5.97 Å². The zero-order chi connectivity index (χ0) is 9.72. The fourth-order valence-corrected chi connectivity index (χ4v) is 0.897. The van der Waals surface area contributed by atoms with Gasteiger partial charge in [-0.3, -0.25) is 4.79 Å². The van der Waals surface area contributed by atoms with Crippen LogP contribution in [0, 0.1) is 29.1 Å². The summed E-state index contributed by atoms with van der Waals surface area (Å²) in [6.07, 6.45) is 0. The summed E-state index contributed by atoms with van der Waals surface area (Å²) in [6.45, 7) is 5.85. The molecule has 0 aliphatic heterocycles. The number of nitriles is 1. The number of hydrogen-bond donors (Lipinski definition) is 0. The molecule has 12 heavy (non-hydrogen) atoms. The van der Waals surface area contributed by atoms with Crippen LogP contribution >= 0.6 is 0 Å². The number of carbonyl (C=O) groups excluding carboxylic acids is 1. The maximum atomic E-state index is 11.0. The molecule has 3 heteroatoms. The number of esters is 1. The normalized spacial score (nSPS) is 15.0. The van der Waals surface area contributed by atoms with Crippen molar-refractivity contribution in [2.24, 2.45) is 17.8 Å². The molecule has 0 amide bonds. The summed E-state index contributed by atoms with van der Waals surface area (Å²) in [5, 5.41) is 8.70. The SMILES string of the molecule is COC(=O)C(C#N)C(C)C(C)C. The second kappa shape index (κ2) is 4.76. The van der Waals surface area contributed by atoms with E-state index in [0.29, 0.717) is 5.92 Å². The summed E-state index contributed by atoms with van der Waals surface area (Å²) in [7, 11) is 1.31. The van der Waals surface area contributed by atoms with E-state index in [4.69, 9.17) is 5.26 Å². The predicted molar refractivity (Wildman–Crippen MR) is 45.1 cm³/mol. The van der Waals surface area contributed by atoms with Crippen LogP contribution in [0.2, 0.25) is 0 Å². The van der Waals surface area contributed by atoms with Crippen LogP contribution in [-0.4, -0.2) is 13.1 Å². The Hall–Kier alpha value is -1.04. The lowest BCUT2D eigenvalue weighted by molar-refractivity contribution is -0.145. The minimum Gasteiger partial charge on any atom is -0.468 e. The highest BCUT2D eigenvalue weighted by molar-refractivity contribution is 5.75. The molecule has 0 spiro atoms. The Morgan fingerprint density at radius 3 is 2.17 bits per heavy atom. The van der Waals surface area contributed by atoms with E-state index in [2.05, 4.69) is 4.74 Å². The quantitative estimate of drug-likeness (QED) is 0.603. The number of ether oxygens (including phenoxy) is 1. The van der Waals surface area contributed by atoms with Crippen molar-refractivity contribution in [2.45, 2.75) is 20.8 Å². The molecule has 0 aromatic rings. The molecule has 68 valence electrons. The van der Waals surface area contributed by atoms with Crippen LogP contribution in [-0.2, 0) is 9.53 Å². The topological polar surface area (TPSA) is 50.1 Å². The molecule has 2 atom stereocenters. The van der Waals surface area contributed by atoms with E-state index < -0.39 is 11.9 Å². The fraction of sp³-hybridized carbons (Fsp3) is 0.778. The smallest absolute Gasteiger partial charge is 0.323 e.